The maximum atomic E-state index is 14.2. The van der Waals surface area contributed by atoms with Gasteiger partial charge in [-0.1, -0.05) is 12.1 Å². The smallest absolute Gasteiger partial charge is 0.268 e. The van der Waals surface area contributed by atoms with Gasteiger partial charge in [0.15, 0.2) is 11.5 Å². The fourth-order valence-electron chi connectivity index (χ4n) is 3.77. The van der Waals surface area contributed by atoms with Crippen molar-refractivity contribution in [3.63, 3.8) is 0 Å². The number of hydrogen-bond donors (Lipinski definition) is 1. The van der Waals surface area contributed by atoms with Crippen LogP contribution in [0.25, 0.3) is 0 Å². The van der Waals surface area contributed by atoms with Crippen LogP contribution in [0.1, 0.15) is 38.4 Å². The minimum absolute atomic E-state index is 0.144. The fourth-order valence-corrected chi connectivity index (χ4v) is 3.77. The lowest BCUT2D eigenvalue weighted by atomic mass is 10.1. The van der Waals surface area contributed by atoms with E-state index in [-0.39, 0.29) is 12.5 Å². The lowest BCUT2D eigenvalue weighted by molar-refractivity contribution is 0.0944. The molecule has 0 aliphatic rings. The Labute approximate surface area is 187 Å². The second kappa shape index (κ2) is 9.85. The third kappa shape index (κ3) is 4.77. The van der Waals surface area contributed by atoms with Gasteiger partial charge in [0, 0.05) is 23.9 Å². The number of carbonyl (C=O) groups is 1. The van der Waals surface area contributed by atoms with Crippen molar-refractivity contribution in [3.05, 3.63) is 81.7 Å². The number of benzene rings is 2. The molecule has 1 aromatic heterocycles. The highest BCUT2D eigenvalue weighted by molar-refractivity contribution is 5.95. The minimum atomic E-state index is -0.631. The summed E-state index contributed by atoms with van der Waals surface area (Å²) in [4.78, 5) is 13.1. The van der Waals surface area contributed by atoms with E-state index in [0.29, 0.717) is 35.7 Å². The number of nitrogens with one attached hydrogen (secondary N) is 1. The minimum Gasteiger partial charge on any atom is -0.493 e. The summed E-state index contributed by atoms with van der Waals surface area (Å²) in [5.41, 5.74) is 4.48. The number of aromatic nitrogens is 1. The Morgan fingerprint density at radius 2 is 1.69 bits per heavy atom. The quantitative estimate of drug-likeness (QED) is 0.549. The van der Waals surface area contributed by atoms with Crippen molar-refractivity contribution >= 4 is 5.91 Å². The molecule has 0 aliphatic carbocycles. The normalized spacial score (nSPS) is 10.8. The molecule has 5 nitrogen and oxygen atoms in total. The predicted octanol–water partition coefficient (Wildman–Crippen LogP) is 4.73. The van der Waals surface area contributed by atoms with E-state index in [0.717, 1.165) is 28.5 Å². The lowest BCUT2D eigenvalue weighted by Crippen LogP contribution is -2.29. The van der Waals surface area contributed by atoms with E-state index in [1.54, 1.807) is 18.8 Å². The molecule has 32 heavy (non-hydrogen) atoms. The molecular weight excluding hydrogens is 414 g/mol. The summed E-state index contributed by atoms with van der Waals surface area (Å²) in [7, 11) is 3.16. The van der Waals surface area contributed by atoms with Gasteiger partial charge in [0.2, 0.25) is 0 Å². The molecule has 0 saturated carbocycles. The Hall–Kier alpha value is -3.35. The number of nitrogens with zero attached hydrogens (tertiary/aromatic N) is 1. The maximum Gasteiger partial charge on any atom is 0.268 e. The molecule has 0 unspecified atom stereocenters. The summed E-state index contributed by atoms with van der Waals surface area (Å²) in [6, 6.07) is 9.12. The summed E-state index contributed by atoms with van der Waals surface area (Å²) in [5.74, 6) is -0.216. The van der Waals surface area contributed by atoms with Gasteiger partial charge < -0.3 is 19.4 Å². The molecular formula is C25H28F2N2O3. The van der Waals surface area contributed by atoms with Gasteiger partial charge in [0.05, 0.1) is 20.8 Å². The van der Waals surface area contributed by atoms with Gasteiger partial charge >= 0.3 is 0 Å². The summed E-state index contributed by atoms with van der Waals surface area (Å²) in [6.45, 7) is 6.27. The Morgan fingerprint density at radius 1 is 0.969 bits per heavy atom. The van der Waals surface area contributed by atoms with Crippen LogP contribution in [-0.2, 0) is 13.0 Å². The van der Waals surface area contributed by atoms with Crippen LogP contribution in [0.3, 0.4) is 0 Å². The third-order valence-corrected chi connectivity index (χ3v) is 5.84. The van der Waals surface area contributed by atoms with Crippen LogP contribution in [0, 0.1) is 32.4 Å². The first-order valence-corrected chi connectivity index (χ1v) is 10.4. The summed E-state index contributed by atoms with van der Waals surface area (Å²) >= 11 is 0. The van der Waals surface area contributed by atoms with Crippen LogP contribution in [-0.4, -0.2) is 31.2 Å². The number of amides is 1. The molecule has 0 aliphatic heterocycles. The van der Waals surface area contributed by atoms with Crippen molar-refractivity contribution in [3.8, 4) is 11.5 Å². The van der Waals surface area contributed by atoms with Gasteiger partial charge in [0.1, 0.15) is 17.3 Å². The monoisotopic (exact) mass is 442 g/mol. The Bertz CT molecular complexity index is 1140. The molecule has 0 fully saturated rings. The highest BCUT2D eigenvalue weighted by atomic mass is 19.1. The Kier molecular flexibility index (Phi) is 7.18. The van der Waals surface area contributed by atoms with E-state index in [1.807, 2.05) is 39.0 Å². The summed E-state index contributed by atoms with van der Waals surface area (Å²) < 4.78 is 39.9. The Morgan fingerprint density at radius 3 is 2.34 bits per heavy atom. The van der Waals surface area contributed by atoms with Crippen LogP contribution < -0.4 is 14.8 Å². The topological polar surface area (TPSA) is 52.5 Å². The molecule has 7 heteroatoms. The first kappa shape index (κ1) is 23.3. The van der Waals surface area contributed by atoms with Crippen molar-refractivity contribution in [2.45, 2.75) is 33.7 Å². The van der Waals surface area contributed by atoms with Crippen molar-refractivity contribution in [2.75, 3.05) is 20.8 Å². The predicted molar refractivity (Wildman–Crippen MR) is 120 cm³/mol. The van der Waals surface area contributed by atoms with E-state index < -0.39 is 11.6 Å². The van der Waals surface area contributed by atoms with Gasteiger partial charge in [-0.3, -0.25) is 4.79 Å². The second-order valence-corrected chi connectivity index (χ2v) is 7.70. The van der Waals surface area contributed by atoms with Crippen LogP contribution in [0.4, 0.5) is 8.78 Å². The number of hydrogen-bond acceptors (Lipinski definition) is 3. The van der Waals surface area contributed by atoms with Gasteiger partial charge in [-0.2, -0.15) is 0 Å². The maximum absolute atomic E-state index is 14.2. The fraction of sp³-hybridized carbons (Fsp3) is 0.320. The molecule has 1 amide bonds. The van der Waals surface area contributed by atoms with E-state index in [4.69, 9.17) is 9.47 Å². The number of halogens is 2. The SMILES string of the molecule is COc1ccc(CCNC(=O)c2c(C)c(C)c(C)n2Cc2ccc(F)cc2F)cc1OC. The zero-order valence-electron chi connectivity index (χ0n) is 19.0. The molecule has 1 heterocycles. The standard InChI is InChI=1S/C25H28F2N2O3/c1-15-16(2)24(29(17(15)3)14-19-7-8-20(26)13-21(19)27)25(30)28-11-10-18-6-9-22(31-4)23(12-18)32-5/h6-9,12-13H,10-11,14H2,1-5H3,(H,28,30). The number of methoxy groups -OCH3 is 2. The van der Waals surface area contributed by atoms with Crippen molar-refractivity contribution in [2.24, 2.45) is 0 Å². The van der Waals surface area contributed by atoms with E-state index >= 15 is 0 Å². The molecule has 3 aromatic rings. The number of rotatable bonds is 8. The first-order chi connectivity index (χ1) is 15.3. The van der Waals surface area contributed by atoms with Crippen LogP contribution in [0.5, 0.6) is 11.5 Å². The molecule has 0 radical (unpaired) electrons. The third-order valence-electron chi connectivity index (χ3n) is 5.84. The van der Waals surface area contributed by atoms with Crippen LogP contribution in [0.2, 0.25) is 0 Å². The highest BCUT2D eigenvalue weighted by Gasteiger charge is 2.21. The van der Waals surface area contributed by atoms with Gasteiger partial charge in [-0.05, 0) is 62.1 Å². The largest absolute Gasteiger partial charge is 0.493 e. The summed E-state index contributed by atoms with van der Waals surface area (Å²) in [5, 5.41) is 2.96. The number of ether oxygens (including phenoxy) is 2. The van der Waals surface area contributed by atoms with Crippen LogP contribution >= 0.6 is 0 Å². The average molecular weight is 443 g/mol. The lowest BCUT2D eigenvalue weighted by Gasteiger charge is -2.14. The number of carbonyl (C=O) groups excluding carboxylic acids is 1. The highest BCUT2D eigenvalue weighted by Crippen LogP contribution is 2.28. The molecule has 0 atom stereocenters. The van der Waals surface area contributed by atoms with Crippen molar-refractivity contribution < 1.29 is 23.0 Å². The Balaban J connectivity index is 1.77. The summed E-state index contributed by atoms with van der Waals surface area (Å²) in [6.07, 6.45) is 0.608. The molecule has 0 bridgehead atoms. The first-order valence-electron chi connectivity index (χ1n) is 10.4. The molecule has 1 N–H and O–H groups in total. The van der Waals surface area contributed by atoms with E-state index in [9.17, 15) is 13.6 Å². The van der Waals surface area contributed by atoms with Gasteiger partial charge in [-0.15, -0.1) is 0 Å². The molecule has 0 spiro atoms. The average Bonchev–Trinajstić information content (AvgIpc) is 2.98. The van der Waals surface area contributed by atoms with Crippen molar-refractivity contribution in [1.29, 1.82) is 0 Å². The van der Waals surface area contributed by atoms with Gasteiger partial charge in [0.25, 0.3) is 5.91 Å². The van der Waals surface area contributed by atoms with Gasteiger partial charge in [-0.25, -0.2) is 8.78 Å². The van der Waals surface area contributed by atoms with E-state index in [2.05, 4.69) is 5.32 Å². The zero-order valence-corrected chi connectivity index (χ0v) is 19.0. The zero-order chi connectivity index (χ0) is 23.4. The molecule has 3 rings (SSSR count). The molecule has 170 valence electrons. The second-order valence-electron chi connectivity index (χ2n) is 7.70. The van der Waals surface area contributed by atoms with Crippen molar-refractivity contribution in [1.82, 2.24) is 9.88 Å². The molecule has 2 aromatic carbocycles. The van der Waals surface area contributed by atoms with E-state index in [1.165, 1.54) is 12.1 Å². The van der Waals surface area contributed by atoms with Crippen LogP contribution in [0.15, 0.2) is 36.4 Å². The molecule has 0 saturated heterocycles.